The van der Waals surface area contributed by atoms with Crippen molar-refractivity contribution in [2.24, 2.45) is 7.05 Å². The third-order valence-corrected chi connectivity index (χ3v) is 3.87. The third-order valence-electron chi connectivity index (χ3n) is 3.87. The van der Waals surface area contributed by atoms with Gasteiger partial charge in [-0.25, -0.2) is 4.79 Å². The second-order valence-electron chi connectivity index (χ2n) is 5.25. The summed E-state index contributed by atoms with van der Waals surface area (Å²) in [7, 11) is 1.86. The van der Waals surface area contributed by atoms with E-state index in [-0.39, 0.29) is 18.7 Å². The highest BCUT2D eigenvalue weighted by atomic mass is 16.5. The summed E-state index contributed by atoms with van der Waals surface area (Å²) in [6.45, 7) is 0.767. The molecule has 2 aromatic heterocycles. The number of amides is 1. The average molecular weight is 300 g/mol. The summed E-state index contributed by atoms with van der Waals surface area (Å²) in [6.07, 6.45) is 8.03. The highest BCUT2D eigenvalue weighted by Gasteiger charge is 2.29. The Labute approximate surface area is 127 Å². The van der Waals surface area contributed by atoms with Gasteiger partial charge in [-0.2, -0.15) is 9.97 Å². The van der Waals surface area contributed by atoms with E-state index in [1.165, 1.54) is 4.90 Å². The molecular weight excluding hydrogens is 284 g/mol. The van der Waals surface area contributed by atoms with Crippen LogP contribution in [0.1, 0.15) is 18.5 Å². The minimum atomic E-state index is -0.922. The van der Waals surface area contributed by atoms with Crippen molar-refractivity contribution in [1.29, 1.82) is 0 Å². The summed E-state index contributed by atoms with van der Waals surface area (Å²) >= 11 is 0. The molecule has 22 heavy (non-hydrogen) atoms. The molecule has 0 radical (unpaired) electrons. The molecule has 1 fully saturated rings. The lowest BCUT2D eigenvalue weighted by Crippen LogP contribution is -2.38. The second-order valence-corrected chi connectivity index (χ2v) is 5.25. The summed E-state index contributed by atoms with van der Waals surface area (Å²) < 4.78 is 7.45. The Morgan fingerprint density at radius 2 is 2.41 bits per heavy atom. The van der Waals surface area contributed by atoms with Crippen LogP contribution < -0.4 is 4.74 Å². The van der Waals surface area contributed by atoms with Crippen molar-refractivity contribution in [2.45, 2.75) is 18.9 Å². The number of rotatable bonds is 3. The van der Waals surface area contributed by atoms with Gasteiger partial charge in [-0.15, -0.1) is 6.42 Å². The van der Waals surface area contributed by atoms with Crippen molar-refractivity contribution in [3.8, 4) is 18.4 Å². The SMILES string of the molecule is C#Cc1nc(OC[C@H]2CCCN2C(=O)O)nc2c1ccn2C. The molecule has 7 heteroatoms. The maximum atomic E-state index is 11.1. The Kier molecular flexibility index (Phi) is 3.59. The van der Waals surface area contributed by atoms with Crippen LogP contribution in [-0.4, -0.2) is 49.8 Å². The molecule has 1 atom stereocenters. The molecule has 0 spiro atoms. The van der Waals surface area contributed by atoms with E-state index in [4.69, 9.17) is 16.3 Å². The highest BCUT2D eigenvalue weighted by Crippen LogP contribution is 2.21. The van der Waals surface area contributed by atoms with Crippen LogP contribution in [0.3, 0.4) is 0 Å². The van der Waals surface area contributed by atoms with Gasteiger partial charge in [0.05, 0.1) is 11.4 Å². The first kappa shape index (κ1) is 14.2. The lowest BCUT2D eigenvalue weighted by Gasteiger charge is -2.21. The number of nitrogens with zero attached hydrogens (tertiary/aromatic N) is 4. The van der Waals surface area contributed by atoms with Gasteiger partial charge < -0.3 is 19.3 Å². The molecule has 3 rings (SSSR count). The van der Waals surface area contributed by atoms with E-state index in [0.29, 0.717) is 17.9 Å². The van der Waals surface area contributed by atoms with Crippen LogP contribution >= 0.6 is 0 Å². The highest BCUT2D eigenvalue weighted by molar-refractivity contribution is 5.81. The summed E-state index contributed by atoms with van der Waals surface area (Å²) in [5.41, 5.74) is 1.17. The van der Waals surface area contributed by atoms with Crippen molar-refractivity contribution < 1.29 is 14.6 Å². The van der Waals surface area contributed by atoms with Gasteiger partial charge in [-0.1, -0.05) is 0 Å². The van der Waals surface area contributed by atoms with Crippen molar-refractivity contribution in [3.63, 3.8) is 0 Å². The maximum absolute atomic E-state index is 11.1. The van der Waals surface area contributed by atoms with E-state index in [1.54, 1.807) is 0 Å². The summed E-state index contributed by atoms with van der Waals surface area (Å²) in [6, 6.07) is 1.87. The van der Waals surface area contributed by atoms with Crippen molar-refractivity contribution in [3.05, 3.63) is 18.0 Å². The Hall–Kier alpha value is -2.75. The van der Waals surface area contributed by atoms with Crippen LogP contribution in [0.2, 0.25) is 0 Å². The molecule has 0 aromatic carbocycles. The van der Waals surface area contributed by atoms with Crippen LogP contribution in [0.5, 0.6) is 6.01 Å². The number of aromatic nitrogens is 3. The maximum Gasteiger partial charge on any atom is 0.407 e. The van der Waals surface area contributed by atoms with Crippen LogP contribution in [0, 0.1) is 12.3 Å². The van der Waals surface area contributed by atoms with E-state index < -0.39 is 6.09 Å². The summed E-state index contributed by atoms with van der Waals surface area (Å²) in [5.74, 6) is 2.53. The van der Waals surface area contributed by atoms with E-state index in [2.05, 4.69) is 15.9 Å². The molecule has 1 aliphatic rings. The molecule has 1 amide bonds. The third kappa shape index (κ3) is 2.44. The normalized spacial score (nSPS) is 17.6. The number of hydrogen-bond acceptors (Lipinski definition) is 4. The van der Waals surface area contributed by atoms with E-state index in [1.807, 2.05) is 23.9 Å². The lowest BCUT2D eigenvalue weighted by molar-refractivity contribution is 0.121. The predicted octanol–water partition coefficient (Wildman–Crippen LogP) is 1.47. The van der Waals surface area contributed by atoms with Gasteiger partial charge in [0.2, 0.25) is 0 Å². The number of fused-ring (bicyclic) bond motifs is 1. The van der Waals surface area contributed by atoms with Crippen molar-refractivity contribution in [2.75, 3.05) is 13.2 Å². The zero-order valence-corrected chi connectivity index (χ0v) is 12.2. The zero-order chi connectivity index (χ0) is 15.7. The topological polar surface area (TPSA) is 80.5 Å². The second kappa shape index (κ2) is 5.56. The largest absolute Gasteiger partial charge is 0.465 e. The van der Waals surface area contributed by atoms with Crippen molar-refractivity contribution in [1.82, 2.24) is 19.4 Å². The van der Waals surface area contributed by atoms with E-state index in [9.17, 15) is 4.79 Å². The quantitative estimate of drug-likeness (QED) is 0.868. The fourth-order valence-electron chi connectivity index (χ4n) is 2.72. The Bertz CT molecular complexity index is 762. The number of hydrogen-bond donors (Lipinski definition) is 1. The Morgan fingerprint density at radius 1 is 1.59 bits per heavy atom. The van der Waals surface area contributed by atoms with Crippen LogP contribution in [0.4, 0.5) is 4.79 Å². The first-order chi connectivity index (χ1) is 10.6. The minimum Gasteiger partial charge on any atom is -0.465 e. The Balaban J connectivity index is 1.81. The standard InChI is InChI=1S/C15H16N4O3/c1-3-12-11-6-8-18(2)13(11)17-14(16-12)22-9-10-5-4-7-19(10)15(20)21/h1,6,8,10H,4-5,7,9H2,2H3,(H,20,21)/t10-/m1/s1. The fourth-order valence-corrected chi connectivity index (χ4v) is 2.72. The number of likely N-dealkylation sites (tertiary alicyclic amines) is 1. The molecule has 0 bridgehead atoms. The number of carbonyl (C=O) groups is 1. The lowest BCUT2D eigenvalue weighted by atomic mass is 10.2. The van der Waals surface area contributed by atoms with E-state index >= 15 is 0 Å². The molecule has 0 saturated carbocycles. The van der Waals surface area contributed by atoms with Gasteiger partial charge in [0, 0.05) is 19.8 Å². The molecule has 0 aliphatic carbocycles. The molecule has 1 aliphatic heterocycles. The molecule has 1 saturated heterocycles. The molecule has 0 unspecified atom stereocenters. The molecule has 1 N–H and O–H groups in total. The van der Waals surface area contributed by atoms with Gasteiger partial charge in [-0.05, 0) is 24.8 Å². The molecule has 3 heterocycles. The number of aryl methyl sites for hydroxylation is 1. The van der Waals surface area contributed by atoms with Crippen molar-refractivity contribution >= 4 is 17.1 Å². The first-order valence-corrected chi connectivity index (χ1v) is 7.02. The van der Waals surface area contributed by atoms with Crippen LogP contribution in [-0.2, 0) is 7.05 Å². The van der Waals surface area contributed by atoms with Gasteiger partial charge in [-0.3, -0.25) is 0 Å². The van der Waals surface area contributed by atoms with E-state index in [0.717, 1.165) is 18.2 Å². The Morgan fingerprint density at radius 3 is 3.14 bits per heavy atom. The fraction of sp³-hybridized carbons (Fsp3) is 0.400. The molecule has 2 aromatic rings. The predicted molar refractivity (Wildman–Crippen MR) is 79.7 cm³/mol. The van der Waals surface area contributed by atoms with Gasteiger partial charge in [0.15, 0.2) is 0 Å². The first-order valence-electron chi connectivity index (χ1n) is 7.02. The molecule has 7 nitrogen and oxygen atoms in total. The van der Waals surface area contributed by atoms with Gasteiger partial charge >= 0.3 is 12.1 Å². The summed E-state index contributed by atoms with van der Waals surface area (Å²) in [5, 5.41) is 9.92. The van der Waals surface area contributed by atoms with Gasteiger partial charge in [0.1, 0.15) is 17.9 Å². The number of terminal acetylenes is 1. The monoisotopic (exact) mass is 300 g/mol. The minimum absolute atomic E-state index is 0.167. The van der Waals surface area contributed by atoms with Gasteiger partial charge in [0.25, 0.3) is 0 Å². The van der Waals surface area contributed by atoms with Crippen LogP contribution in [0.25, 0.3) is 11.0 Å². The molecule has 114 valence electrons. The average Bonchev–Trinajstić information content (AvgIpc) is 3.12. The van der Waals surface area contributed by atoms with Crippen LogP contribution in [0.15, 0.2) is 12.3 Å². The number of carboxylic acid groups (broad SMARTS) is 1. The number of ether oxygens (including phenoxy) is 1. The zero-order valence-electron chi connectivity index (χ0n) is 12.2. The summed E-state index contributed by atoms with van der Waals surface area (Å²) in [4.78, 5) is 21.1. The molecular formula is C15H16N4O3. The smallest absolute Gasteiger partial charge is 0.407 e.